The van der Waals surface area contributed by atoms with Crippen LogP contribution in [0.25, 0.3) is 32.3 Å². The largest absolute Gasteiger partial charge is 0.469 e. The lowest BCUT2D eigenvalue weighted by atomic mass is 9.78. The van der Waals surface area contributed by atoms with Gasteiger partial charge < -0.3 is 4.74 Å². The van der Waals surface area contributed by atoms with Gasteiger partial charge in [-0.25, -0.2) is 0 Å². The first-order valence-corrected chi connectivity index (χ1v) is 8.55. The number of hydrogen-bond donors (Lipinski definition) is 0. The van der Waals surface area contributed by atoms with Gasteiger partial charge in [-0.2, -0.15) is 0 Å². The zero-order chi connectivity index (χ0) is 16.3. The highest BCUT2D eigenvalue weighted by molar-refractivity contribution is 6.24. The third-order valence-corrected chi connectivity index (χ3v) is 5.55. The monoisotopic (exact) mass is 314 g/mol. The summed E-state index contributed by atoms with van der Waals surface area (Å²) in [6.45, 7) is 0. The van der Waals surface area contributed by atoms with Crippen LogP contribution in [0.15, 0.2) is 48.5 Å². The van der Waals surface area contributed by atoms with Gasteiger partial charge in [-0.1, -0.05) is 48.5 Å². The molecule has 0 radical (unpaired) electrons. The van der Waals surface area contributed by atoms with Crippen molar-refractivity contribution in [2.45, 2.75) is 25.2 Å². The van der Waals surface area contributed by atoms with E-state index >= 15 is 0 Å². The maximum Gasteiger partial charge on any atom is 0.313 e. The number of ether oxygens (including phenoxy) is 1. The van der Waals surface area contributed by atoms with Crippen molar-refractivity contribution in [3.05, 3.63) is 59.7 Å². The summed E-state index contributed by atoms with van der Waals surface area (Å²) in [5.41, 5.74) is 2.50. The second kappa shape index (κ2) is 4.94. The van der Waals surface area contributed by atoms with Crippen LogP contribution in [0.5, 0.6) is 0 Å². The third-order valence-electron chi connectivity index (χ3n) is 5.55. The van der Waals surface area contributed by atoms with Gasteiger partial charge in [0.05, 0.1) is 13.0 Å². The molecule has 0 bridgehead atoms. The Balaban J connectivity index is 1.96. The van der Waals surface area contributed by atoms with Gasteiger partial charge in [-0.3, -0.25) is 4.79 Å². The van der Waals surface area contributed by atoms with Gasteiger partial charge in [0.2, 0.25) is 0 Å². The molecule has 4 aromatic rings. The van der Waals surface area contributed by atoms with E-state index in [2.05, 4.69) is 48.5 Å². The first-order valence-electron chi connectivity index (χ1n) is 8.55. The number of methoxy groups -OCH3 is 1. The standard InChI is InChI=1S/C22H18O2/c1-24-22(23)18-7-3-6-15-12-16-9-8-13-4-2-5-14-10-11-17(20(15)18)21(16)19(13)14/h2,4-5,8-12,18H,3,6-7H2,1H3. The summed E-state index contributed by atoms with van der Waals surface area (Å²) >= 11 is 0. The van der Waals surface area contributed by atoms with E-state index in [0.717, 1.165) is 19.3 Å². The molecule has 0 aliphatic heterocycles. The van der Waals surface area contributed by atoms with E-state index < -0.39 is 0 Å². The highest BCUT2D eigenvalue weighted by atomic mass is 16.5. The topological polar surface area (TPSA) is 26.3 Å². The molecule has 2 nitrogen and oxygen atoms in total. The maximum atomic E-state index is 12.4. The fourth-order valence-electron chi connectivity index (χ4n) is 4.53. The van der Waals surface area contributed by atoms with Gasteiger partial charge in [0.25, 0.3) is 0 Å². The van der Waals surface area contributed by atoms with E-state index in [1.54, 1.807) is 0 Å². The molecule has 24 heavy (non-hydrogen) atoms. The second-order valence-corrected chi connectivity index (χ2v) is 6.77. The first kappa shape index (κ1) is 13.8. The number of carbonyl (C=O) groups excluding carboxylic acids is 1. The van der Waals surface area contributed by atoms with Crippen LogP contribution in [0.2, 0.25) is 0 Å². The summed E-state index contributed by atoms with van der Waals surface area (Å²) in [5, 5.41) is 7.62. The van der Waals surface area contributed by atoms with Crippen molar-refractivity contribution < 1.29 is 9.53 Å². The average Bonchev–Trinajstić information content (AvgIpc) is 2.64. The number of fused-ring (bicyclic) bond motifs is 2. The Morgan fingerprint density at radius 3 is 2.54 bits per heavy atom. The van der Waals surface area contributed by atoms with Crippen LogP contribution in [0.1, 0.15) is 29.9 Å². The smallest absolute Gasteiger partial charge is 0.313 e. The van der Waals surface area contributed by atoms with E-state index in [0.29, 0.717) is 0 Å². The Hall–Kier alpha value is -2.61. The van der Waals surface area contributed by atoms with Gasteiger partial charge in [-0.15, -0.1) is 0 Å². The van der Waals surface area contributed by atoms with E-state index in [9.17, 15) is 4.79 Å². The molecular weight excluding hydrogens is 296 g/mol. The van der Waals surface area contributed by atoms with Crippen LogP contribution in [0.3, 0.4) is 0 Å². The van der Waals surface area contributed by atoms with E-state index in [1.807, 2.05) is 0 Å². The van der Waals surface area contributed by atoms with Crippen LogP contribution in [0.4, 0.5) is 0 Å². The molecule has 1 aliphatic carbocycles. The van der Waals surface area contributed by atoms with Crippen LogP contribution in [-0.2, 0) is 16.0 Å². The molecule has 5 rings (SSSR count). The summed E-state index contributed by atoms with van der Waals surface area (Å²) < 4.78 is 5.10. The van der Waals surface area contributed by atoms with Crippen LogP contribution in [0, 0.1) is 0 Å². The van der Waals surface area contributed by atoms with E-state index in [1.165, 1.54) is 50.6 Å². The van der Waals surface area contributed by atoms with Crippen LogP contribution < -0.4 is 0 Å². The fraction of sp³-hybridized carbons (Fsp3) is 0.227. The fourth-order valence-corrected chi connectivity index (χ4v) is 4.53. The summed E-state index contributed by atoms with van der Waals surface area (Å²) in [7, 11) is 1.49. The Labute approximate surface area is 140 Å². The van der Waals surface area contributed by atoms with Crippen molar-refractivity contribution >= 4 is 38.3 Å². The SMILES string of the molecule is COC(=O)C1CCCc2cc3ccc4cccc5ccc(c21)c3c45. The van der Waals surface area contributed by atoms with Crippen LogP contribution >= 0.6 is 0 Å². The molecule has 0 saturated carbocycles. The predicted octanol–water partition coefficient (Wildman–Crippen LogP) is 5.18. The van der Waals surface area contributed by atoms with E-state index in [-0.39, 0.29) is 11.9 Å². The van der Waals surface area contributed by atoms with Gasteiger partial charge in [0.1, 0.15) is 0 Å². The number of carbonyl (C=O) groups is 1. The minimum Gasteiger partial charge on any atom is -0.469 e. The molecule has 0 amide bonds. The molecule has 0 fully saturated rings. The molecule has 0 heterocycles. The average molecular weight is 314 g/mol. The van der Waals surface area contributed by atoms with E-state index in [4.69, 9.17) is 4.74 Å². The van der Waals surface area contributed by atoms with Crippen molar-refractivity contribution in [3.63, 3.8) is 0 Å². The number of esters is 1. The van der Waals surface area contributed by atoms with Crippen molar-refractivity contribution in [1.82, 2.24) is 0 Å². The maximum absolute atomic E-state index is 12.4. The number of hydrogen-bond acceptors (Lipinski definition) is 2. The van der Waals surface area contributed by atoms with Crippen LogP contribution in [-0.4, -0.2) is 13.1 Å². The van der Waals surface area contributed by atoms with Gasteiger partial charge in [0.15, 0.2) is 0 Å². The molecule has 1 atom stereocenters. The van der Waals surface area contributed by atoms with Crippen molar-refractivity contribution in [2.75, 3.05) is 7.11 Å². The van der Waals surface area contributed by atoms with Crippen molar-refractivity contribution in [1.29, 1.82) is 0 Å². The number of aryl methyl sites for hydroxylation is 1. The van der Waals surface area contributed by atoms with Crippen molar-refractivity contribution in [2.24, 2.45) is 0 Å². The molecule has 0 spiro atoms. The highest BCUT2D eigenvalue weighted by Crippen LogP contribution is 2.43. The normalized spacial score (nSPS) is 17.5. The molecule has 0 aromatic heterocycles. The van der Waals surface area contributed by atoms with Gasteiger partial charge >= 0.3 is 5.97 Å². The summed E-state index contributed by atoms with van der Waals surface area (Å²) in [5.74, 6) is -0.241. The molecule has 1 aliphatic rings. The molecular formula is C22H18O2. The van der Waals surface area contributed by atoms with Gasteiger partial charge in [-0.05, 0) is 62.7 Å². The molecule has 118 valence electrons. The zero-order valence-electron chi connectivity index (χ0n) is 13.6. The lowest BCUT2D eigenvalue weighted by molar-refractivity contribution is -0.142. The Morgan fingerprint density at radius 2 is 1.75 bits per heavy atom. The van der Waals surface area contributed by atoms with Crippen molar-refractivity contribution in [3.8, 4) is 0 Å². The zero-order valence-corrected chi connectivity index (χ0v) is 13.6. The Morgan fingerprint density at radius 1 is 1.00 bits per heavy atom. The number of rotatable bonds is 1. The highest BCUT2D eigenvalue weighted by Gasteiger charge is 2.30. The minimum absolute atomic E-state index is 0.106. The quantitative estimate of drug-likeness (QED) is 0.357. The molecule has 2 heteroatoms. The lowest BCUT2D eigenvalue weighted by Gasteiger charge is -2.26. The first-order chi connectivity index (χ1) is 11.8. The predicted molar refractivity (Wildman–Crippen MR) is 97.8 cm³/mol. The molecule has 0 saturated heterocycles. The summed E-state index contributed by atoms with van der Waals surface area (Å²) in [4.78, 5) is 12.4. The Bertz CT molecular complexity index is 1080. The lowest BCUT2D eigenvalue weighted by Crippen LogP contribution is -2.20. The molecule has 0 N–H and O–H groups in total. The molecule has 1 unspecified atom stereocenters. The summed E-state index contributed by atoms with van der Waals surface area (Å²) in [6, 6.07) is 17.5. The Kier molecular flexibility index (Phi) is 2.84. The minimum atomic E-state index is -0.136. The number of benzene rings is 4. The molecule has 4 aromatic carbocycles. The third kappa shape index (κ3) is 1.74. The van der Waals surface area contributed by atoms with Gasteiger partial charge in [0, 0.05) is 0 Å². The second-order valence-electron chi connectivity index (χ2n) is 6.77. The summed E-state index contributed by atoms with van der Waals surface area (Å²) in [6.07, 6.45) is 2.96.